The molecule has 3 nitrogen and oxygen atoms in total. The van der Waals surface area contributed by atoms with Gasteiger partial charge < -0.3 is 10.5 Å². The Hall–Kier alpha value is -1.36. The molecule has 2 N–H and O–H groups in total. The Balaban J connectivity index is 1.80. The smallest absolute Gasteiger partial charge is 0.119 e. The van der Waals surface area contributed by atoms with Gasteiger partial charge in [-0.2, -0.15) is 0 Å². The lowest BCUT2D eigenvalue weighted by Crippen LogP contribution is -2.26. The highest BCUT2D eigenvalue weighted by Gasteiger charge is 2.12. The molecule has 4 heteroatoms. The average molecular weight is 290 g/mol. The maximum Gasteiger partial charge on any atom is 0.119 e. The third-order valence-corrected chi connectivity index (χ3v) is 4.51. The molecule has 20 heavy (non-hydrogen) atoms. The van der Waals surface area contributed by atoms with E-state index in [2.05, 4.69) is 36.4 Å². The molecule has 1 unspecified atom stereocenters. The minimum atomic E-state index is 0.425. The van der Waals surface area contributed by atoms with Crippen molar-refractivity contribution in [1.82, 2.24) is 4.90 Å². The summed E-state index contributed by atoms with van der Waals surface area (Å²) in [5.74, 6) is 0.894. The minimum Gasteiger partial charge on any atom is -0.492 e. The van der Waals surface area contributed by atoms with Crippen LogP contribution in [-0.4, -0.2) is 25.1 Å². The van der Waals surface area contributed by atoms with E-state index in [0.717, 1.165) is 17.9 Å². The van der Waals surface area contributed by atoms with Crippen LogP contribution >= 0.6 is 11.3 Å². The number of benzene rings is 1. The van der Waals surface area contributed by atoms with E-state index in [1.807, 2.05) is 24.3 Å². The van der Waals surface area contributed by atoms with Crippen LogP contribution in [0, 0.1) is 0 Å². The van der Waals surface area contributed by atoms with Crippen LogP contribution in [0.2, 0.25) is 0 Å². The lowest BCUT2D eigenvalue weighted by molar-refractivity contribution is 0.202. The Morgan fingerprint density at radius 1 is 1.30 bits per heavy atom. The first-order valence-corrected chi connectivity index (χ1v) is 7.74. The molecule has 0 aliphatic carbocycles. The van der Waals surface area contributed by atoms with Crippen LogP contribution in [0.25, 0.3) is 0 Å². The number of rotatable bonds is 7. The van der Waals surface area contributed by atoms with Crippen LogP contribution in [0.5, 0.6) is 5.75 Å². The highest BCUT2D eigenvalue weighted by molar-refractivity contribution is 7.10. The molecule has 0 aliphatic heterocycles. The summed E-state index contributed by atoms with van der Waals surface area (Å²) in [6.07, 6.45) is 0. The van der Waals surface area contributed by atoms with Gasteiger partial charge in [-0.05, 0) is 43.1 Å². The highest BCUT2D eigenvalue weighted by atomic mass is 32.1. The summed E-state index contributed by atoms with van der Waals surface area (Å²) in [6.45, 7) is 4.35. The second-order valence-electron chi connectivity index (χ2n) is 4.87. The Morgan fingerprint density at radius 3 is 2.85 bits per heavy atom. The first-order chi connectivity index (χ1) is 9.70. The van der Waals surface area contributed by atoms with Crippen molar-refractivity contribution in [3.63, 3.8) is 0 Å². The summed E-state index contributed by atoms with van der Waals surface area (Å²) >= 11 is 1.80. The van der Waals surface area contributed by atoms with Gasteiger partial charge in [-0.25, -0.2) is 0 Å². The number of nitrogens with two attached hydrogens (primary N) is 1. The molecule has 1 heterocycles. The first kappa shape index (κ1) is 15.0. The van der Waals surface area contributed by atoms with Crippen LogP contribution in [0.3, 0.4) is 0 Å². The third-order valence-electron chi connectivity index (χ3n) is 3.46. The van der Waals surface area contributed by atoms with Crippen LogP contribution in [0.4, 0.5) is 0 Å². The lowest BCUT2D eigenvalue weighted by Gasteiger charge is -2.23. The van der Waals surface area contributed by atoms with Gasteiger partial charge in [0.05, 0.1) is 0 Å². The minimum absolute atomic E-state index is 0.425. The van der Waals surface area contributed by atoms with Gasteiger partial charge in [0.2, 0.25) is 0 Å². The molecule has 0 spiro atoms. The van der Waals surface area contributed by atoms with E-state index in [1.165, 1.54) is 4.88 Å². The Bertz CT molecular complexity index is 513. The topological polar surface area (TPSA) is 38.5 Å². The van der Waals surface area contributed by atoms with Gasteiger partial charge in [0.15, 0.2) is 0 Å². The molecule has 1 aromatic heterocycles. The number of ether oxygens (including phenoxy) is 1. The van der Waals surface area contributed by atoms with Crippen LogP contribution in [0.1, 0.15) is 23.4 Å². The standard InChI is InChI=1S/C16H22N2OS/c1-13(16-7-4-10-20-16)18(2)8-9-19-15-6-3-5-14(11-15)12-17/h3-7,10-11,13H,8-9,12,17H2,1-2H3. The van der Waals surface area contributed by atoms with E-state index in [-0.39, 0.29) is 0 Å². The van der Waals surface area contributed by atoms with E-state index in [9.17, 15) is 0 Å². The first-order valence-electron chi connectivity index (χ1n) is 6.86. The van der Waals surface area contributed by atoms with Crippen molar-refractivity contribution < 1.29 is 4.74 Å². The molecule has 1 aromatic carbocycles. The number of nitrogens with zero attached hydrogens (tertiary/aromatic N) is 1. The molecule has 0 aliphatic rings. The molecule has 1 atom stereocenters. The zero-order valence-corrected chi connectivity index (χ0v) is 12.9. The highest BCUT2D eigenvalue weighted by Crippen LogP contribution is 2.23. The van der Waals surface area contributed by atoms with Crippen molar-refractivity contribution in [2.45, 2.75) is 19.5 Å². The van der Waals surface area contributed by atoms with Crippen LogP contribution in [-0.2, 0) is 6.54 Å². The largest absolute Gasteiger partial charge is 0.492 e. The molecule has 0 bridgehead atoms. The fraction of sp³-hybridized carbons (Fsp3) is 0.375. The molecule has 108 valence electrons. The summed E-state index contributed by atoms with van der Waals surface area (Å²) in [4.78, 5) is 3.69. The second kappa shape index (κ2) is 7.43. The predicted octanol–water partition coefficient (Wildman–Crippen LogP) is 3.28. The van der Waals surface area contributed by atoms with Gasteiger partial charge in [-0.3, -0.25) is 4.90 Å². The van der Waals surface area contributed by atoms with Crippen molar-refractivity contribution in [1.29, 1.82) is 0 Å². The summed E-state index contributed by atoms with van der Waals surface area (Å²) in [5, 5.41) is 2.12. The van der Waals surface area contributed by atoms with E-state index in [4.69, 9.17) is 10.5 Å². The number of thiophene rings is 1. The van der Waals surface area contributed by atoms with Gasteiger partial charge >= 0.3 is 0 Å². The Labute approximate surface area is 125 Å². The predicted molar refractivity (Wildman–Crippen MR) is 85.2 cm³/mol. The van der Waals surface area contributed by atoms with Crippen LogP contribution in [0.15, 0.2) is 41.8 Å². The third kappa shape index (κ3) is 4.07. The lowest BCUT2D eigenvalue weighted by atomic mass is 10.2. The van der Waals surface area contributed by atoms with Crippen molar-refractivity contribution >= 4 is 11.3 Å². The summed E-state index contributed by atoms with van der Waals surface area (Å²) in [7, 11) is 2.13. The average Bonchev–Trinajstić information content (AvgIpc) is 3.00. The molecular formula is C16H22N2OS. The SMILES string of the molecule is CC(c1cccs1)N(C)CCOc1cccc(CN)c1. The van der Waals surface area contributed by atoms with Crippen molar-refractivity contribution in [2.24, 2.45) is 5.73 Å². The number of hydrogen-bond donors (Lipinski definition) is 1. The fourth-order valence-corrected chi connectivity index (χ4v) is 2.86. The number of likely N-dealkylation sites (N-methyl/N-ethyl adjacent to an activating group) is 1. The monoisotopic (exact) mass is 290 g/mol. The van der Waals surface area contributed by atoms with E-state index < -0.39 is 0 Å². The van der Waals surface area contributed by atoms with Gasteiger partial charge in [-0.1, -0.05) is 18.2 Å². The molecule has 0 fully saturated rings. The summed E-state index contributed by atoms with van der Waals surface area (Å²) in [5.41, 5.74) is 6.73. The second-order valence-corrected chi connectivity index (χ2v) is 5.85. The summed E-state index contributed by atoms with van der Waals surface area (Å²) in [6, 6.07) is 12.7. The molecule has 0 amide bonds. The van der Waals surface area contributed by atoms with E-state index in [1.54, 1.807) is 11.3 Å². The van der Waals surface area contributed by atoms with Gasteiger partial charge in [0.25, 0.3) is 0 Å². The maximum atomic E-state index is 5.79. The quantitative estimate of drug-likeness (QED) is 0.850. The van der Waals surface area contributed by atoms with Crippen molar-refractivity contribution in [3.05, 3.63) is 52.2 Å². The molecule has 2 rings (SSSR count). The van der Waals surface area contributed by atoms with Gasteiger partial charge in [-0.15, -0.1) is 11.3 Å². The summed E-state index contributed by atoms with van der Waals surface area (Å²) < 4.78 is 5.79. The van der Waals surface area contributed by atoms with E-state index in [0.29, 0.717) is 19.2 Å². The van der Waals surface area contributed by atoms with E-state index >= 15 is 0 Å². The number of hydrogen-bond acceptors (Lipinski definition) is 4. The van der Waals surface area contributed by atoms with Gasteiger partial charge in [0, 0.05) is 24.0 Å². The molecule has 0 saturated carbocycles. The fourth-order valence-electron chi connectivity index (χ4n) is 2.01. The molecule has 0 radical (unpaired) electrons. The zero-order valence-electron chi connectivity index (χ0n) is 12.1. The Morgan fingerprint density at radius 2 is 2.15 bits per heavy atom. The molecule has 2 aromatic rings. The van der Waals surface area contributed by atoms with Crippen molar-refractivity contribution in [2.75, 3.05) is 20.2 Å². The zero-order chi connectivity index (χ0) is 14.4. The van der Waals surface area contributed by atoms with Gasteiger partial charge in [0.1, 0.15) is 12.4 Å². The normalized spacial score (nSPS) is 12.6. The van der Waals surface area contributed by atoms with Crippen LogP contribution < -0.4 is 10.5 Å². The maximum absolute atomic E-state index is 5.79. The molecular weight excluding hydrogens is 268 g/mol. The van der Waals surface area contributed by atoms with Crippen molar-refractivity contribution in [3.8, 4) is 5.75 Å². The molecule has 0 saturated heterocycles. The Kier molecular flexibility index (Phi) is 5.59.